The Morgan fingerprint density at radius 2 is 1.67 bits per heavy atom. The Hall–Kier alpha value is -1.85. The fourth-order valence-corrected chi connectivity index (χ4v) is 3.47. The van der Waals surface area contributed by atoms with Gasteiger partial charge in [0.15, 0.2) is 5.41 Å². The minimum atomic E-state index is -1.20. The summed E-state index contributed by atoms with van der Waals surface area (Å²) in [6, 6.07) is 0. The Labute approximate surface area is 123 Å². The van der Waals surface area contributed by atoms with E-state index in [1.807, 2.05) is 12.2 Å². The van der Waals surface area contributed by atoms with Gasteiger partial charge in [0, 0.05) is 6.92 Å². The van der Waals surface area contributed by atoms with Crippen LogP contribution in [0.15, 0.2) is 12.2 Å². The quantitative estimate of drug-likeness (QED) is 0.337. The fourth-order valence-electron chi connectivity index (χ4n) is 3.47. The molecule has 0 bridgehead atoms. The zero-order valence-corrected chi connectivity index (χ0v) is 12.5. The van der Waals surface area contributed by atoms with Gasteiger partial charge in [-0.2, -0.15) is 0 Å². The second kappa shape index (κ2) is 5.87. The van der Waals surface area contributed by atoms with Crippen LogP contribution in [-0.2, 0) is 28.6 Å². The van der Waals surface area contributed by atoms with Crippen LogP contribution in [0.4, 0.5) is 0 Å². The first kappa shape index (κ1) is 15.5. The summed E-state index contributed by atoms with van der Waals surface area (Å²) in [6.07, 6.45) is 5.11. The second-order valence-electron chi connectivity index (χ2n) is 5.45. The molecule has 0 aromatic carbocycles. The van der Waals surface area contributed by atoms with Gasteiger partial charge in [-0.05, 0) is 37.2 Å². The summed E-state index contributed by atoms with van der Waals surface area (Å²) in [5, 5.41) is 0. The van der Waals surface area contributed by atoms with Crippen molar-refractivity contribution in [3.05, 3.63) is 12.2 Å². The molecule has 21 heavy (non-hydrogen) atoms. The third kappa shape index (κ3) is 2.54. The zero-order chi connectivity index (χ0) is 15.6. The third-order valence-electron chi connectivity index (χ3n) is 4.41. The van der Waals surface area contributed by atoms with E-state index in [0.717, 1.165) is 0 Å². The van der Waals surface area contributed by atoms with Crippen molar-refractivity contribution in [1.82, 2.24) is 0 Å². The number of methoxy groups -OCH3 is 2. The number of hydrogen-bond acceptors (Lipinski definition) is 6. The maximum atomic E-state index is 12.1. The van der Waals surface area contributed by atoms with E-state index in [0.29, 0.717) is 19.3 Å². The van der Waals surface area contributed by atoms with Crippen molar-refractivity contribution in [1.29, 1.82) is 0 Å². The molecule has 0 spiro atoms. The highest BCUT2D eigenvalue weighted by Crippen LogP contribution is 2.64. The molecule has 6 heteroatoms. The van der Waals surface area contributed by atoms with Gasteiger partial charge in [-0.15, -0.1) is 0 Å². The van der Waals surface area contributed by atoms with Crippen molar-refractivity contribution in [3.8, 4) is 0 Å². The van der Waals surface area contributed by atoms with Crippen LogP contribution in [0, 0.1) is 17.3 Å². The van der Waals surface area contributed by atoms with E-state index in [1.165, 1.54) is 21.1 Å². The number of fused-ring (bicyclic) bond motifs is 1. The van der Waals surface area contributed by atoms with Crippen LogP contribution < -0.4 is 0 Å². The highest BCUT2D eigenvalue weighted by molar-refractivity contribution is 6.04. The maximum Gasteiger partial charge on any atom is 0.323 e. The van der Waals surface area contributed by atoms with Gasteiger partial charge >= 0.3 is 17.9 Å². The number of carbonyl (C=O) groups is 3. The predicted octanol–water partition coefficient (Wildman–Crippen LogP) is 1.24. The Balaban J connectivity index is 2.17. The molecule has 0 N–H and O–H groups in total. The van der Waals surface area contributed by atoms with Crippen LogP contribution in [0.5, 0.6) is 0 Å². The summed E-state index contributed by atoms with van der Waals surface area (Å²) in [4.78, 5) is 35.3. The van der Waals surface area contributed by atoms with Crippen LogP contribution in [0.1, 0.15) is 26.2 Å². The molecule has 0 amide bonds. The Morgan fingerprint density at radius 3 is 2.19 bits per heavy atom. The molecule has 1 saturated carbocycles. The first-order chi connectivity index (χ1) is 9.98. The molecule has 0 unspecified atom stereocenters. The summed E-state index contributed by atoms with van der Waals surface area (Å²) in [5.41, 5.74) is -1.20. The second-order valence-corrected chi connectivity index (χ2v) is 5.45. The molecule has 0 radical (unpaired) electrons. The zero-order valence-electron chi connectivity index (χ0n) is 12.5. The Morgan fingerprint density at radius 1 is 1.05 bits per heavy atom. The van der Waals surface area contributed by atoms with Gasteiger partial charge in [0.1, 0.15) is 6.10 Å². The van der Waals surface area contributed by atoms with Crippen molar-refractivity contribution in [2.75, 3.05) is 14.2 Å². The molecular formula is C15H20O6. The largest absolute Gasteiger partial charge is 0.468 e. The number of rotatable bonds is 3. The van der Waals surface area contributed by atoms with Crippen LogP contribution in [0.2, 0.25) is 0 Å². The lowest BCUT2D eigenvalue weighted by Crippen LogP contribution is -2.32. The van der Waals surface area contributed by atoms with Gasteiger partial charge in [-0.1, -0.05) is 6.08 Å². The molecule has 1 fully saturated rings. The summed E-state index contributed by atoms with van der Waals surface area (Å²) in [5.74, 6) is -1.65. The summed E-state index contributed by atoms with van der Waals surface area (Å²) < 4.78 is 14.8. The minimum absolute atomic E-state index is 0.105. The van der Waals surface area contributed by atoms with Crippen LogP contribution >= 0.6 is 0 Å². The third-order valence-corrected chi connectivity index (χ3v) is 4.41. The van der Waals surface area contributed by atoms with Gasteiger partial charge < -0.3 is 14.2 Å². The number of allylic oxidation sites excluding steroid dienone is 1. The fraction of sp³-hybridized carbons (Fsp3) is 0.667. The van der Waals surface area contributed by atoms with Crippen molar-refractivity contribution in [2.24, 2.45) is 17.3 Å². The number of hydrogen-bond donors (Lipinski definition) is 0. The van der Waals surface area contributed by atoms with Crippen molar-refractivity contribution >= 4 is 17.9 Å². The topological polar surface area (TPSA) is 78.9 Å². The molecule has 2 aliphatic rings. The molecule has 6 nitrogen and oxygen atoms in total. The molecule has 2 aliphatic carbocycles. The molecule has 0 aromatic rings. The van der Waals surface area contributed by atoms with Gasteiger partial charge in [-0.25, -0.2) is 0 Å². The molecule has 0 heterocycles. The highest BCUT2D eigenvalue weighted by atomic mass is 16.5. The highest BCUT2D eigenvalue weighted by Gasteiger charge is 2.75. The van der Waals surface area contributed by atoms with Gasteiger partial charge in [0.25, 0.3) is 0 Å². The van der Waals surface area contributed by atoms with E-state index in [2.05, 4.69) is 0 Å². The lowest BCUT2D eigenvalue weighted by molar-refractivity contribution is -0.163. The van der Waals surface area contributed by atoms with Crippen LogP contribution in [0.3, 0.4) is 0 Å². The summed E-state index contributed by atoms with van der Waals surface area (Å²) in [6.45, 7) is 1.36. The first-order valence-corrected chi connectivity index (χ1v) is 6.99. The standard InChI is InChI=1S/C15H20O6/c1-9(16)21-10-5-4-6-11-12(8-7-10)15(11,13(17)19-2)14(18)20-3/h4-5,10-12H,6-8H2,1-3H3/b5-4-/t10-,11-,12+/m0/s1. The van der Waals surface area contributed by atoms with E-state index < -0.39 is 17.4 Å². The summed E-state index contributed by atoms with van der Waals surface area (Å²) >= 11 is 0. The van der Waals surface area contributed by atoms with Crippen molar-refractivity contribution in [3.63, 3.8) is 0 Å². The average Bonchev–Trinajstić information content (AvgIpc) is 3.07. The van der Waals surface area contributed by atoms with E-state index in [-0.39, 0.29) is 23.9 Å². The molecular weight excluding hydrogens is 276 g/mol. The summed E-state index contributed by atoms with van der Waals surface area (Å²) in [7, 11) is 2.55. The number of ether oxygens (including phenoxy) is 3. The average molecular weight is 296 g/mol. The lowest BCUT2D eigenvalue weighted by Gasteiger charge is -2.15. The van der Waals surface area contributed by atoms with Crippen molar-refractivity contribution < 1.29 is 28.6 Å². The van der Waals surface area contributed by atoms with E-state index in [4.69, 9.17) is 14.2 Å². The van der Waals surface area contributed by atoms with Crippen molar-refractivity contribution in [2.45, 2.75) is 32.3 Å². The SMILES string of the molecule is COC(=O)C1(C(=O)OC)[C@@H]2CC[C@@H](OC(C)=O)/C=C\C[C@@H]21. The molecule has 2 rings (SSSR count). The Bertz CT molecular complexity index is 465. The predicted molar refractivity (Wildman–Crippen MR) is 72.0 cm³/mol. The van der Waals surface area contributed by atoms with Gasteiger partial charge in [-0.3, -0.25) is 14.4 Å². The number of carbonyl (C=O) groups excluding carboxylic acids is 3. The molecule has 116 valence electrons. The minimum Gasteiger partial charge on any atom is -0.468 e. The van der Waals surface area contributed by atoms with Gasteiger partial charge in [0.2, 0.25) is 0 Å². The monoisotopic (exact) mass is 296 g/mol. The smallest absolute Gasteiger partial charge is 0.323 e. The molecule has 3 atom stereocenters. The van der Waals surface area contributed by atoms with Gasteiger partial charge in [0.05, 0.1) is 14.2 Å². The van der Waals surface area contributed by atoms with E-state index >= 15 is 0 Å². The lowest BCUT2D eigenvalue weighted by atomic mass is 10.00. The first-order valence-electron chi connectivity index (χ1n) is 6.99. The van der Waals surface area contributed by atoms with E-state index in [9.17, 15) is 14.4 Å². The Kier molecular flexibility index (Phi) is 4.34. The van der Waals surface area contributed by atoms with E-state index in [1.54, 1.807) is 0 Å². The maximum absolute atomic E-state index is 12.1. The number of esters is 3. The molecule has 0 aromatic heterocycles. The molecule has 0 saturated heterocycles. The van der Waals surface area contributed by atoms with Crippen LogP contribution in [-0.4, -0.2) is 38.2 Å². The molecule has 0 aliphatic heterocycles. The van der Waals surface area contributed by atoms with Crippen LogP contribution in [0.25, 0.3) is 0 Å². The normalized spacial score (nSPS) is 30.9.